The minimum absolute atomic E-state index is 0.0340. The molecule has 0 radical (unpaired) electrons. The summed E-state index contributed by atoms with van der Waals surface area (Å²) in [6.07, 6.45) is 7.84. The zero-order chi connectivity index (χ0) is 15.7. The van der Waals surface area contributed by atoms with E-state index in [1.54, 1.807) is 12.1 Å². The third-order valence-electron chi connectivity index (χ3n) is 5.19. The topological polar surface area (TPSA) is 54.4 Å². The van der Waals surface area contributed by atoms with Crippen LogP contribution in [-0.2, 0) is 16.0 Å². The summed E-state index contributed by atoms with van der Waals surface area (Å²) in [5.41, 5.74) is 3.32. The molecule has 22 heavy (non-hydrogen) atoms. The van der Waals surface area contributed by atoms with Crippen LogP contribution in [-0.4, -0.2) is 17.2 Å². The van der Waals surface area contributed by atoms with Crippen molar-refractivity contribution in [3.8, 4) is 5.75 Å². The van der Waals surface area contributed by atoms with Crippen molar-refractivity contribution in [3.05, 3.63) is 35.4 Å². The van der Waals surface area contributed by atoms with Crippen molar-refractivity contribution in [3.63, 3.8) is 0 Å². The molecule has 116 valence electrons. The number of carbonyl (C=O) groups is 2. The van der Waals surface area contributed by atoms with E-state index >= 15 is 0 Å². The van der Waals surface area contributed by atoms with Gasteiger partial charge in [-0.25, -0.2) is 0 Å². The first-order valence-corrected chi connectivity index (χ1v) is 8.11. The van der Waals surface area contributed by atoms with Crippen molar-refractivity contribution >= 4 is 17.6 Å². The molecule has 1 aromatic rings. The average Bonchev–Trinajstić information content (AvgIpc) is 2.79. The van der Waals surface area contributed by atoms with E-state index in [4.69, 9.17) is 0 Å². The lowest BCUT2D eigenvalue weighted by atomic mass is 9.65. The van der Waals surface area contributed by atoms with Crippen molar-refractivity contribution in [1.29, 1.82) is 0 Å². The second-order valence-electron chi connectivity index (χ2n) is 6.67. The van der Waals surface area contributed by atoms with E-state index in [2.05, 4.69) is 6.92 Å². The SMILES string of the molecule is CCCCC12Cc3cc(O)ccc3C1=CC(=O)C(CC=O)C2. The van der Waals surface area contributed by atoms with Gasteiger partial charge in [-0.15, -0.1) is 0 Å². The predicted molar refractivity (Wildman–Crippen MR) is 85.5 cm³/mol. The molecule has 3 heteroatoms. The summed E-state index contributed by atoms with van der Waals surface area (Å²) in [7, 11) is 0. The predicted octanol–water partition coefficient (Wildman–Crippen LogP) is 3.69. The summed E-state index contributed by atoms with van der Waals surface area (Å²) in [5, 5.41) is 9.75. The van der Waals surface area contributed by atoms with Crippen LogP contribution in [0.4, 0.5) is 0 Å². The zero-order valence-corrected chi connectivity index (χ0v) is 13.0. The number of ketones is 1. The van der Waals surface area contributed by atoms with E-state index in [-0.39, 0.29) is 22.9 Å². The van der Waals surface area contributed by atoms with Gasteiger partial charge in [0.2, 0.25) is 0 Å². The second kappa shape index (κ2) is 5.71. The summed E-state index contributed by atoms with van der Waals surface area (Å²) in [5.74, 6) is 0.176. The highest BCUT2D eigenvalue weighted by molar-refractivity contribution is 6.03. The molecule has 2 aliphatic rings. The number of allylic oxidation sites excluding steroid dienone is 2. The first-order chi connectivity index (χ1) is 10.6. The van der Waals surface area contributed by atoms with Gasteiger partial charge in [0.05, 0.1) is 0 Å². The van der Waals surface area contributed by atoms with Gasteiger partial charge >= 0.3 is 0 Å². The molecule has 1 N–H and O–H groups in total. The van der Waals surface area contributed by atoms with Gasteiger partial charge in [-0.3, -0.25) is 4.79 Å². The van der Waals surface area contributed by atoms with Gasteiger partial charge in [-0.1, -0.05) is 25.8 Å². The van der Waals surface area contributed by atoms with Crippen LogP contribution in [0.5, 0.6) is 5.75 Å². The van der Waals surface area contributed by atoms with Gasteiger partial charge in [-0.2, -0.15) is 0 Å². The number of hydrogen-bond acceptors (Lipinski definition) is 3. The molecule has 3 nitrogen and oxygen atoms in total. The molecular formula is C19H22O3. The van der Waals surface area contributed by atoms with Crippen LogP contribution in [0.2, 0.25) is 0 Å². The van der Waals surface area contributed by atoms with Crippen LogP contribution in [0.1, 0.15) is 50.2 Å². The fourth-order valence-electron chi connectivity index (χ4n) is 4.14. The molecule has 0 heterocycles. The molecule has 0 fully saturated rings. The van der Waals surface area contributed by atoms with Crippen LogP contribution >= 0.6 is 0 Å². The van der Waals surface area contributed by atoms with Gasteiger partial charge < -0.3 is 9.90 Å². The number of benzene rings is 1. The quantitative estimate of drug-likeness (QED) is 0.844. The van der Waals surface area contributed by atoms with Crippen molar-refractivity contribution in [1.82, 2.24) is 0 Å². The van der Waals surface area contributed by atoms with Gasteiger partial charge in [0, 0.05) is 17.8 Å². The highest BCUT2D eigenvalue weighted by Gasteiger charge is 2.46. The van der Waals surface area contributed by atoms with Crippen molar-refractivity contribution in [2.75, 3.05) is 0 Å². The van der Waals surface area contributed by atoms with Crippen molar-refractivity contribution < 1.29 is 14.7 Å². The molecule has 0 saturated carbocycles. The molecule has 0 amide bonds. The number of carbonyl (C=O) groups excluding carboxylic acids is 2. The number of phenolic OH excluding ortho intramolecular Hbond substituents is 1. The summed E-state index contributed by atoms with van der Waals surface area (Å²) in [6.45, 7) is 2.17. The molecule has 2 unspecified atom stereocenters. The Morgan fingerprint density at radius 2 is 2.23 bits per heavy atom. The summed E-state index contributed by atoms with van der Waals surface area (Å²) in [6, 6.07) is 5.44. The van der Waals surface area contributed by atoms with E-state index < -0.39 is 0 Å². The van der Waals surface area contributed by atoms with Crippen LogP contribution in [0, 0.1) is 11.3 Å². The summed E-state index contributed by atoms with van der Waals surface area (Å²) >= 11 is 0. The summed E-state index contributed by atoms with van der Waals surface area (Å²) in [4.78, 5) is 23.2. The lowest BCUT2D eigenvalue weighted by molar-refractivity contribution is -0.122. The van der Waals surface area contributed by atoms with Gasteiger partial charge in [0.1, 0.15) is 12.0 Å². The third-order valence-corrected chi connectivity index (χ3v) is 5.19. The number of rotatable bonds is 5. The lowest BCUT2D eigenvalue weighted by Gasteiger charge is -2.37. The van der Waals surface area contributed by atoms with E-state index in [0.29, 0.717) is 6.42 Å². The molecule has 0 aromatic heterocycles. The lowest BCUT2D eigenvalue weighted by Crippen LogP contribution is -2.32. The van der Waals surface area contributed by atoms with E-state index in [9.17, 15) is 14.7 Å². The third kappa shape index (κ3) is 2.39. The minimum atomic E-state index is -0.180. The molecule has 0 aliphatic heterocycles. The van der Waals surface area contributed by atoms with E-state index in [0.717, 1.165) is 55.1 Å². The first-order valence-electron chi connectivity index (χ1n) is 8.11. The highest BCUT2D eigenvalue weighted by atomic mass is 16.3. The molecular weight excluding hydrogens is 276 g/mol. The molecule has 1 aromatic carbocycles. The fourth-order valence-corrected chi connectivity index (χ4v) is 4.14. The summed E-state index contributed by atoms with van der Waals surface area (Å²) < 4.78 is 0. The molecule has 3 rings (SSSR count). The normalized spacial score (nSPS) is 26.3. The highest BCUT2D eigenvalue weighted by Crippen LogP contribution is 2.56. The molecule has 0 spiro atoms. The molecule has 2 aliphatic carbocycles. The smallest absolute Gasteiger partial charge is 0.159 e. The Bertz CT molecular complexity index is 644. The van der Waals surface area contributed by atoms with Crippen LogP contribution < -0.4 is 0 Å². The molecule has 0 saturated heterocycles. The number of phenols is 1. The maximum Gasteiger partial charge on any atom is 0.159 e. The Balaban J connectivity index is 2.05. The number of hydrogen-bond donors (Lipinski definition) is 1. The van der Waals surface area contributed by atoms with Crippen LogP contribution in [0.3, 0.4) is 0 Å². The number of fused-ring (bicyclic) bond motifs is 3. The maximum absolute atomic E-state index is 12.3. The van der Waals surface area contributed by atoms with E-state index in [1.165, 1.54) is 0 Å². The van der Waals surface area contributed by atoms with Crippen molar-refractivity contribution in [2.24, 2.45) is 11.3 Å². The largest absolute Gasteiger partial charge is 0.508 e. The van der Waals surface area contributed by atoms with Crippen molar-refractivity contribution in [2.45, 2.75) is 45.4 Å². The zero-order valence-electron chi connectivity index (χ0n) is 13.0. The molecule has 2 atom stereocenters. The Labute approximate surface area is 131 Å². The van der Waals surface area contributed by atoms with Gasteiger partial charge in [-0.05, 0) is 54.2 Å². The number of aldehydes is 1. The maximum atomic E-state index is 12.3. The Morgan fingerprint density at radius 1 is 1.41 bits per heavy atom. The Hall–Kier alpha value is -1.90. The standard InChI is InChI=1S/C19H22O3/c1-2-3-7-19-11-13(6-8-20)18(22)10-17(19)16-5-4-15(21)9-14(16)12-19/h4-5,8-10,13,21H,2-3,6-7,11-12H2,1H3. The first kappa shape index (κ1) is 15.0. The van der Waals surface area contributed by atoms with Crippen LogP contribution in [0.25, 0.3) is 5.57 Å². The number of unbranched alkanes of at least 4 members (excludes halogenated alkanes) is 1. The minimum Gasteiger partial charge on any atom is -0.508 e. The fraction of sp³-hybridized carbons (Fsp3) is 0.474. The second-order valence-corrected chi connectivity index (χ2v) is 6.67. The van der Waals surface area contributed by atoms with Crippen LogP contribution in [0.15, 0.2) is 24.3 Å². The average molecular weight is 298 g/mol. The van der Waals surface area contributed by atoms with Gasteiger partial charge in [0.25, 0.3) is 0 Å². The van der Waals surface area contributed by atoms with E-state index in [1.807, 2.05) is 12.1 Å². The Morgan fingerprint density at radius 3 is 2.95 bits per heavy atom. The number of aromatic hydroxyl groups is 1. The Kier molecular flexibility index (Phi) is 3.90. The van der Waals surface area contributed by atoms with Gasteiger partial charge in [0.15, 0.2) is 5.78 Å². The monoisotopic (exact) mass is 298 g/mol. The molecule has 0 bridgehead atoms.